The first-order chi connectivity index (χ1) is 14.5. The number of fused-ring (bicyclic) bond motifs is 1. The van der Waals surface area contributed by atoms with Crippen LogP contribution in [0.15, 0.2) is 70.3 Å². The molecule has 2 aromatic carbocycles. The number of hydrogen-bond donors (Lipinski definition) is 1. The zero-order valence-electron chi connectivity index (χ0n) is 16.1. The Morgan fingerprint density at radius 3 is 2.50 bits per heavy atom. The molecule has 1 N–H and O–H groups in total. The summed E-state index contributed by atoms with van der Waals surface area (Å²) in [6.45, 7) is 0.171. The van der Waals surface area contributed by atoms with Gasteiger partial charge in [0.15, 0.2) is 0 Å². The molecule has 0 bridgehead atoms. The van der Waals surface area contributed by atoms with E-state index < -0.39 is 23.0 Å². The van der Waals surface area contributed by atoms with E-state index in [1.807, 2.05) is 30.3 Å². The van der Waals surface area contributed by atoms with Crippen molar-refractivity contribution < 1.29 is 9.18 Å². The van der Waals surface area contributed by atoms with E-state index in [4.69, 9.17) is 0 Å². The van der Waals surface area contributed by atoms with E-state index in [1.165, 1.54) is 16.7 Å². The van der Waals surface area contributed by atoms with Crippen LogP contribution in [0.4, 0.5) is 4.39 Å². The minimum absolute atomic E-state index is 0.0247. The molecule has 4 aromatic rings. The van der Waals surface area contributed by atoms with Gasteiger partial charge >= 0.3 is 5.69 Å². The Hall–Kier alpha value is -3.52. The van der Waals surface area contributed by atoms with Gasteiger partial charge in [0.05, 0.1) is 16.8 Å². The maximum Gasteiger partial charge on any atom is 0.332 e. The standard InChI is InChI=1S/C22H18FN3O3S/c1-25-21-16(20(28)26(22(25)29)13-14-7-3-2-4-8-14)11-18(30-21)19(27)24-12-15-9-5-6-10-17(15)23/h2-11H,12-13H2,1H3,(H,24,27). The highest BCUT2D eigenvalue weighted by molar-refractivity contribution is 7.20. The quantitative estimate of drug-likeness (QED) is 0.537. The van der Waals surface area contributed by atoms with E-state index in [2.05, 4.69) is 5.32 Å². The van der Waals surface area contributed by atoms with Crippen LogP contribution >= 0.6 is 11.3 Å². The van der Waals surface area contributed by atoms with Crippen LogP contribution in [0.5, 0.6) is 0 Å². The zero-order valence-corrected chi connectivity index (χ0v) is 16.9. The van der Waals surface area contributed by atoms with Gasteiger partial charge in [0, 0.05) is 19.2 Å². The summed E-state index contributed by atoms with van der Waals surface area (Å²) in [5.74, 6) is -0.832. The molecule has 6 nitrogen and oxygen atoms in total. The normalized spacial score (nSPS) is 11.0. The summed E-state index contributed by atoms with van der Waals surface area (Å²) >= 11 is 1.06. The molecule has 0 saturated carbocycles. The Morgan fingerprint density at radius 2 is 1.77 bits per heavy atom. The molecule has 30 heavy (non-hydrogen) atoms. The first kappa shape index (κ1) is 19.8. The van der Waals surface area contributed by atoms with Crippen molar-refractivity contribution in [2.45, 2.75) is 13.1 Å². The number of rotatable bonds is 5. The van der Waals surface area contributed by atoms with Gasteiger partial charge in [-0.25, -0.2) is 9.18 Å². The van der Waals surface area contributed by atoms with Gasteiger partial charge in [0.2, 0.25) is 0 Å². The third-order valence-electron chi connectivity index (χ3n) is 4.82. The summed E-state index contributed by atoms with van der Waals surface area (Å²) in [5, 5.41) is 2.96. The Kier molecular flexibility index (Phi) is 5.33. The summed E-state index contributed by atoms with van der Waals surface area (Å²) in [6.07, 6.45) is 0. The predicted octanol–water partition coefficient (Wildman–Crippen LogP) is 2.88. The van der Waals surface area contributed by atoms with Crippen LogP contribution in [0.25, 0.3) is 10.2 Å². The molecule has 0 aliphatic heterocycles. The summed E-state index contributed by atoms with van der Waals surface area (Å²) < 4.78 is 16.3. The van der Waals surface area contributed by atoms with Crippen molar-refractivity contribution in [1.29, 1.82) is 0 Å². The van der Waals surface area contributed by atoms with Gasteiger partial charge in [-0.3, -0.25) is 18.7 Å². The number of benzene rings is 2. The van der Waals surface area contributed by atoms with Crippen LogP contribution < -0.4 is 16.6 Å². The Labute approximate surface area is 174 Å². The lowest BCUT2D eigenvalue weighted by Gasteiger charge is -2.08. The van der Waals surface area contributed by atoms with Gasteiger partial charge in [0.1, 0.15) is 10.6 Å². The Balaban J connectivity index is 1.67. The third kappa shape index (κ3) is 3.69. The molecule has 2 heterocycles. The second-order valence-electron chi connectivity index (χ2n) is 6.82. The van der Waals surface area contributed by atoms with Crippen LogP contribution in [0.1, 0.15) is 20.8 Å². The topological polar surface area (TPSA) is 73.1 Å². The van der Waals surface area contributed by atoms with Crippen LogP contribution in [0, 0.1) is 5.82 Å². The maximum absolute atomic E-state index is 13.8. The number of carbonyl (C=O) groups is 1. The van der Waals surface area contributed by atoms with Gasteiger partial charge in [-0.2, -0.15) is 0 Å². The van der Waals surface area contributed by atoms with Gasteiger partial charge in [-0.1, -0.05) is 48.5 Å². The molecule has 2 aromatic heterocycles. The summed E-state index contributed by atoms with van der Waals surface area (Å²) in [6, 6.07) is 16.9. The SMILES string of the molecule is Cn1c(=O)n(Cc2ccccc2)c(=O)c2cc(C(=O)NCc3ccccc3F)sc21. The van der Waals surface area contributed by atoms with Gasteiger partial charge < -0.3 is 5.32 Å². The van der Waals surface area contributed by atoms with Crippen molar-refractivity contribution in [2.75, 3.05) is 0 Å². The second-order valence-corrected chi connectivity index (χ2v) is 7.85. The zero-order chi connectivity index (χ0) is 21.3. The average Bonchev–Trinajstić information content (AvgIpc) is 3.21. The summed E-state index contributed by atoms with van der Waals surface area (Å²) in [5.41, 5.74) is 0.302. The molecular weight excluding hydrogens is 405 g/mol. The van der Waals surface area contributed by atoms with Crippen molar-refractivity contribution in [3.8, 4) is 0 Å². The first-order valence-corrected chi connectivity index (χ1v) is 10.1. The predicted molar refractivity (Wildman–Crippen MR) is 114 cm³/mol. The lowest BCUT2D eigenvalue weighted by Crippen LogP contribution is -2.38. The first-order valence-electron chi connectivity index (χ1n) is 9.24. The summed E-state index contributed by atoms with van der Waals surface area (Å²) in [7, 11) is 1.57. The number of amides is 1. The van der Waals surface area contributed by atoms with Crippen LogP contribution in [0.2, 0.25) is 0 Å². The van der Waals surface area contributed by atoms with Crippen molar-refractivity contribution in [3.05, 3.63) is 103 Å². The molecule has 0 aliphatic rings. The van der Waals surface area contributed by atoms with Crippen molar-refractivity contribution in [3.63, 3.8) is 0 Å². The lowest BCUT2D eigenvalue weighted by molar-refractivity contribution is 0.0954. The number of nitrogens with one attached hydrogen (secondary N) is 1. The molecule has 0 fully saturated rings. The molecule has 0 unspecified atom stereocenters. The fourth-order valence-electron chi connectivity index (χ4n) is 3.21. The molecule has 4 rings (SSSR count). The highest BCUT2D eigenvalue weighted by Crippen LogP contribution is 2.22. The average molecular weight is 423 g/mol. The third-order valence-corrected chi connectivity index (χ3v) is 6.03. The number of aromatic nitrogens is 2. The maximum atomic E-state index is 13.8. The van der Waals surface area contributed by atoms with Crippen LogP contribution in [-0.4, -0.2) is 15.0 Å². The number of hydrogen-bond acceptors (Lipinski definition) is 4. The van der Waals surface area contributed by atoms with Crippen molar-refractivity contribution in [1.82, 2.24) is 14.5 Å². The smallest absolute Gasteiger partial charge is 0.332 e. The molecule has 1 amide bonds. The highest BCUT2D eigenvalue weighted by Gasteiger charge is 2.18. The Morgan fingerprint density at radius 1 is 1.07 bits per heavy atom. The van der Waals surface area contributed by atoms with Crippen molar-refractivity contribution in [2.24, 2.45) is 7.05 Å². The minimum atomic E-state index is -0.448. The van der Waals surface area contributed by atoms with Crippen LogP contribution in [0.3, 0.4) is 0 Å². The molecule has 8 heteroatoms. The molecule has 0 saturated heterocycles. The van der Waals surface area contributed by atoms with E-state index in [9.17, 15) is 18.8 Å². The highest BCUT2D eigenvalue weighted by atomic mass is 32.1. The number of aryl methyl sites for hydroxylation is 1. The van der Waals surface area contributed by atoms with Gasteiger partial charge in [0.25, 0.3) is 11.5 Å². The van der Waals surface area contributed by atoms with Crippen LogP contribution in [-0.2, 0) is 20.1 Å². The Bertz CT molecular complexity index is 1360. The van der Waals surface area contributed by atoms with E-state index in [0.29, 0.717) is 15.8 Å². The van der Waals surface area contributed by atoms with E-state index in [0.717, 1.165) is 21.5 Å². The number of carbonyl (C=O) groups excluding carboxylic acids is 1. The van der Waals surface area contributed by atoms with Gasteiger partial charge in [-0.05, 0) is 17.7 Å². The molecular formula is C22H18FN3O3S. The monoisotopic (exact) mass is 423 g/mol. The number of thiophene rings is 1. The summed E-state index contributed by atoms with van der Waals surface area (Å²) in [4.78, 5) is 38.9. The molecule has 152 valence electrons. The largest absolute Gasteiger partial charge is 0.347 e. The number of halogens is 1. The molecule has 0 atom stereocenters. The van der Waals surface area contributed by atoms with Gasteiger partial charge in [-0.15, -0.1) is 11.3 Å². The number of nitrogens with zero attached hydrogens (tertiary/aromatic N) is 2. The van der Waals surface area contributed by atoms with E-state index in [-0.39, 0.29) is 18.0 Å². The van der Waals surface area contributed by atoms with Crippen molar-refractivity contribution >= 4 is 27.5 Å². The molecule has 0 radical (unpaired) electrons. The molecule has 0 aliphatic carbocycles. The minimum Gasteiger partial charge on any atom is -0.347 e. The molecule has 0 spiro atoms. The van der Waals surface area contributed by atoms with E-state index >= 15 is 0 Å². The fourth-order valence-corrected chi connectivity index (χ4v) is 4.23. The fraction of sp³-hybridized carbons (Fsp3) is 0.136. The second kappa shape index (κ2) is 8.08. The van der Waals surface area contributed by atoms with E-state index in [1.54, 1.807) is 25.2 Å². The lowest BCUT2D eigenvalue weighted by atomic mass is 10.2.